The van der Waals surface area contributed by atoms with Gasteiger partial charge in [0.25, 0.3) is 5.91 Å². The largest absolute Gasteiger partial charge is 0.478 e. The van der Waals surface area contributed by atoms with Crippen LogP contribution in [0.1, 0.15) is 20.9 Å². The maximum Gasteiger partial charge on any atom is 0.337 e. The van der Waals surface area contributed by atoms with E-state index in [1.54, 1.807) is 24.3 Å². The molecule has 2 aromatic heterocycles. The molecule has 0 atom stereocenters. The van der Waals surface area contributed by atoms with Gasteiger partial charge in [0.05, 0.1) is 11.1 Å². The summed E-state index contributed by atoms with van der Waals surface area (Å²) in [6.07, 6.45) is 0. The monoisotopic (exact) mass is 321 g/mol. The van der Waals surface area contributed by atoms with Crippen LogP contribution in [-0.2, 0) is 0 Å². The quantitative estimate of drug-likeness (QED) is 0.536. The molecule has 4 rings (SSSR count). The van der Waals surface area contributed by atoms with Gasteiger partial charge in [-0.15, -0.1) is 0 Å². The van der Waals surface area contributed by atoms with Gasteiger partial charge < -0.3 is 14.5 Å². The summed E-state index contributed by atoms with van der Waals surface area (Å²) < 4.78 is 5.49. The second-order valence-electron chi connectivity index (χ2n) is 5.19. The minimum atomic E-state index is -1.08. The van der Waals surface area contributed by atoms with E-state index in [-0.39, 0.29) is 22.8 Å². The number of benzene rings is 2. The first kappa shape index (κ1) is 14.0. The summed E-state index contributed by atoms with van der Waals surface area (Å²) in [7, 11) is 0. The summed E-state index contributed by atoms with van der Waals surface area (Å²) in [5.74, 6) is -1.25. The first-order chi connectivity index (χ1) is 11.6. The molecule has 0 unspecified atom stereocenters. The Labute approximate surface area is 134 Å². The van der Waals surface area contributed by atoms with Crippen LogP contribution in [0.4, 0.5) is 5.95 Å². The van der Waals surface area contributed by atoms with E-state index in [0.29, 0.717) is 11.1 Å². The van der Waals surface area contributed by atoms with Crippen molar-refractivity contribution in [3.63, 3.8) is 0 Å². The fraction of sp³-hybridized carbons (Fsp3) is 0. The van der Waals surface area contributed by atoms with Gasteiger partial charge in [0.1, 0.15) is 11.1 Å². The molecule has 0 radical (unpaired) electrons. The molecule has 3 N–H and O–H groups in total. The van der Waals surface area contributed by atoms with E-state index in [2.05, 4.69) is 15.3 Å². The third-order valence-electron chi connectivity index (χ3n) is 3.62. The number of carbonyl (C=O) groups excluding carboxylic acids is 1. The molecule has 7 nitrogen and oxygen atoms in total. The number of anilines is 1. The van der Waals surface area contributed by atoms with Crippen molar-refractivity contribution in [2.45, 2.75) is 0 Å². The predicted molar refractivity (Wildman–Crippen MR) is 87.2 cm³/mol. The first-order valence-electron chi connectivity index (χ1n) is 7.14. The highest BCUT2D eigenvalue weighted by Gasteiger charge is 2.16. The van der Waals surface area contributed by atoms with E-state index in [9.17, 15) is 14.7 Å². The number of imidazole rings is 1. The minimum Gasteiger partial charge on any atom is -0.478 e. The molecule has 2 heterocycles. The number of aromatic nitrogens is 2. The van der Waals surface area contributed by atoms with Crippen LogP contribution in [-0.4, -0.2) is 27.0 Å². The van der Waals surface area contributed by atoms with Crippen molar-refractivity contribution < 1.29 is 19.1 Å². The van der Waals surface area contributed by atoms with Crippen LogP contribution in [0.25, 0.3) is 22.0 Å². The van der Waals surface area contributed by atoms with Gasteiger partial charge >= 0.3 is 5.97 Å². The predicted octanol–water partition coefficient (Wildman–Crippen LogP) is 3.26. The summed E-state index contributed by atoms with van der Waals surface area (Å²) in [5, 5.41) is 12.6. The molecule has 0 aliphatic carbocycles. The van der Waals surface area contributed by atoms with Crippen molar-refractivity contribution in [2.24, 2.45) is 0 Å². The van der Waals surface area contributed by atoms with Gasteiger partial charge in [-0.05, 0) is 24.3 Å². The number of amides is 1. The van der Waals surface area contributed by atoms with Crippen LogP contribution in [0, 0.1) is 0 Å². The van der Waals surface area contributed by atoms with Crippen LogP contribution in [0.5, 0.6) is 0 Å². The summed E-state index contributed by atoms with van der Waals surface area (Å²) in [5.41, 5.74) is 1.48. The maximum atomic E-state index is 12.3. The number of H-pyrrole nitrogens is 1. The second kappa shape index (κ2) is 5.24. The number of nitrogens with one attached hydrogen (secondary N) is 2. The Morgan fingerprint density at radius 2 is 1.96 bits per heavy atom. The highest BCUT2D eigenvalue weighted by molar-refractivity contribution is 6.06. The van der Waals surface area contributed by atoms with Gasteiger partial charge in [-0.25, -0.2) is 9.78 Å². The molecule has 4 aromatic rings. The van der Waals surface area contributed by atoms with E-state index < -0.39 is 11.9 Å². The van der Waals surface area contributed by atoms with Crippen LogP contribution in [0.2, 0.25) is 0 Å². The Balaban J connectivity index is 1.67. The zero-order valence-corrected chi connectivity index (χ0v) is 12.2. The number of carbonyl (C=O) groups is 2. The number of para-hydroxylation sites is 2. The SMILES string of the molecule is O=C(Nc1nc2c(C(=O)O)cccc2[nH]1)c1cc2ccccc2o1. The number of carboxylic acids is 1. The molecule has 0 bridgehead atoms. The lowest BCUT2D eigenvalue weighted by molar-refractivity contribution is 0.0698. The Hall–Kier alpha value is -3.61. The molecule has 24 heavy (non-hydrogen) atoms. The molecule has 2 aromatic carbocycles. The molecule has 0 spiro atoms. The summed E-state index contributed by atoms with van der Waals surface area (Å²) in [6, 6.07) is 13.7. The number of aromatic amines is 1. The average Bonchev–Trinajstić information content (AvgIpc) is 3.17. The zero-order valence-electron chi connectivity index (χ0n) is 12.2. The lowest BCUT2D eigenvalue weighted by atomic mass is 10.2. The number of rotatable bonds is 3. The van der Waals surface area contributed by atoms with E-state index in [1.807, 2.05) is 18.2 Å². The summed E-state index contributed by atoms with van der Waals surface area (Å²) in [4.78, 5) is 30.5. The minimum absolute atomic E-state index is 0.0630. The molecule has 0 aliphatic rings. The normalized spacial score (nSPS) is 11.0. The van der Waals surface area contributed by atoms with E-state index >= 15 is 0 Å². The van der Waals surface area contributed by atoms with Crippen LogP contribution >= 0.6 is 0 Å². The summed E-state index contributed by atoms with van der Waals surface area (Å²) in [6.45, 7) is 0. The Kier molecular flexibility index (Phi) is 3.06. The first-order valence-corrected chi connectivity index (χ1v) is 7.14. The number of hydrogen-bond acceptors (Lipinski definition) is 4. The van der Waals surface area contributed by atoms with Crippen LogP contribution < -0.4 is 5.32 Å². The molecule has 1 amide bonds. The van der Waals surface area contributed by atoms with Gasteiger partial charge in [-0.2, -0.15) is 0 Å². The van der Waals surface area contributed by atoms with E-state index in [1.165, 1.54) is 6.07 Å². The van der Waals surface area contributed by atoms with E-state index in [0.717, 1.165) is 5.39 Å². The van der Waals surface area contributed by atoms with Crippen molar-refractivity contribution in [3.05, 3.63) is 59.9 Å². The molecule has 0 aliphatic heterocycles. The number of aromatic carboxylic acids is 1. The lowest BCUT2D eigenvalue weighted by Gasteiger charge is -1.97. The number of fused-ring (bicyclic) bond motifs is 2. The fourth-order valence-corrected chi connectivity index (χ4v) is 2.53. The zero-order chi connectivity index (χ0) is 16.7. The van der Waals surface area contributed by atoms with Crippen molar-refractivity contribution >= 4 is 39.8 Å². The molecular formula is C17H11N3O4. The molecule has 7 heteroatoms. The van der Waals surface area contributed by atoms with Crippen molar-refractivity contribution in [1.29, 1.82) is 0 Å². The smallest absolute Gasteiger partial charge is 0.337 e. The topological polar surface area (TPSA) is 108 Å². The van der Waals surface area contributed by atoms with Crippen LogP contribution in [0.15, 0.2) is 52.9 Å². The van der Waals surface area contributed by atoms with Crippen molar-refractivity contribution in [1.82, 2.24) is 9.97 Å². The Morgan fingerprint density at radius 1 is 1.12 bits per heavy atom. The molecule has 0 saturated heterocycles. The average molecular weight is 321 g/mol. The molecule has 118 valence electrons. The maximum absolute atomic E-state index is 12.3. The highest BCUT2D eigenvalue weighted by Crippen LogP contribution is 2.21. The van der Waals surface area contributed by atoms with E-state index in [4.69, 9.17) is 4.42 Å². The summed E-state index contributed by atoms with van der Waals surface area (Å²) >= 11 is 0. The third kappa shape index (κ3) is 2.28. The lowest BCUT2D eigenvalue weighted by Crippen LogP contribution is -2.11. The number of nitrogens with zero attached hydrogens (tertiary/aromatic N) is 1. The van der Waals surface area contributed by atoms with Gasteiger partial charge in [-0.3, -0.25) is 10.1 Å². The van der Waals surface area contributed by atoms with Gasteiger partial charge in [-0.1, -0.05) is 24.3 Å². The molecular weight excluding hydrogens is 310 g/mol. The van der Waals surface area contributed by atoms with Crippen molar-refractivity contribution in [3.8, 4) is 0 Å². The van der Waals surface area contributed by atoms with Gasteiger partial charge in [0.2, 0.25) is 5.95 Å². The van der Waals surface area contributed by atoms with Crippen LogP contribution in [0.3, 0.4) is 0 Å². The Bertz CT molecular complexity index is 1060. The van der Waals surface area contributed by atoms with Gasteiger partial charge in [0, 0.05) is 5.39 Å². The van der Waals surface area contributed by atoms with Crippen molar-refractivity contribution in [2.75, 3.05) is 5.32 Å². The number of carboxylic acid groups (broad SMARTS) is 1. The third-order valence-corrected chi connectivity index (χ3v) is 3.62. The number of furan rings is 1. The Morgan fingerprint density at radius 3 is 2.75 bits per heavy atom. The second-order valence-corrected chi connectivity index (χ2v) is 5.19. The standard InChI is InChI=1S/C17H11N3O4/c21-15(13-8-9-4-1-2-7-12(9)24-13)20-17-18-11-6-3-5-10(16(22)23)14(11)19-17/h1-8H,(H,22,23)(H2,18,19,20,21). The fourth-order valence-electron chi connectivity index (χ4n) is 2.53. The highest BCUT2D eigenvalue weighted by atomic mass is 16.4. The number of hydrogen-bond donors (Lipinski definition) is 3. The molecule has 0 saturated carbocycles. The van der Waals surface area contributed by atoms with Gasteiger partial charge in [0.15, 0.2) is 5.76 Å². The molecule has 0 fully saturated rings.